The fourth-order valence-corrected chi connectivity index (χ4v) is 4.46. The normalized spacial score (nSPS) is 21.5. The predicted octanol–water partition coefficient (Wildman–Crippen LogP) is 5.18. The molecule has 0 unspecified atom stereocenters. The van der Waals surface area contributed by atoms with Crippen LogP contribution >= 0.6 is 11.6 Å². The number of phenolic OH excluding ortho intramolecular Hbond substituents is 1. The SMILES string of the molecule is Cc1cccc2c(O)cc3c(c12)[C@H](CCl)[C@@H](C)N3C(C)(C)C. The van der Waals surface area contributed by atoms with Crippen molar-refractivity contribution in [3.63, 3.8) is 0 Å². The van der Waals surface area contributed by atoms with E-state index in [4.69, 9.17) is 11.6 Å². The van der Waals surface area contributed by atoms with E-state index in [0.29, 0.717) is 17.7 Å². The first-order valence-electron chi connectivity index (χ1n) is 7.88. The van der Waals surface area contributed by atoms with Crippen molar-refractivity contribution in [1.82, 2.24) is 0 Å². The topological polar surface area (TPSA) is 23.5 Å². The molecule has 0 spiro atoms. The second kappa shape index (κ2) is 5.06. The number of alkyl halides is 1. The molecular weight excluding hydrogens is 294 g/mol. The van der Waals surface area contributed by atoms with Crippen LogP contribution in [0.2, 0.25) is 0 Å². The lowest BCUT2D eigenvalue weighted by Gasteiger charge is -2.39. The zero-order valence-corrected chi connectivity index (χ0v) is 14.7. The van der Waals surface area contributed by atoms with E-state index in [1.54, 1.807) is 0 Å². The van der Waals surface area contributed by atoms with Gasteiger partial charge in [0, 0.05) is 40.5 Å². The standard InChI is InChI=1S/C19H24ClNO/c1-11-7-6-8-13-16(22)9-15-18(17(11)13)14(10-20)12(2)21(15)19(3,4)5/h6-9,12,14,22H,10H2,1-5H3/t12-,14-/m1/s1. The monoisotopic (exact) mass is 317 g/mol. The lowest BCUT2D eigenvalue weighted by atomic mass is 9.90. The Labute approximate surface area is 137 Å². The summed E-state index contributed by atoms with van der Waals surface area (Å²) >= 11 is 6.35. The van der Waals surface area contributed by atoms with Gasteiger partial charge in [0.2, 0.25) is 0 Å². The van der Waals surface area contributed by atoms with Gasteiger partial charge in [0.15, 0.2) is 0 Å². The molecule has 1 aliphatic heterocycles. The molecule has 1 N–H and O–H groups in total. The molecule has 0 amide bonds. The number of phenols is 1. The molecule has 0 saturated heterocycles. The lowest BCUT2D eigenvalue weighted by molar-refractivity contribution is 0.445. The van der Waals surface area contributed by atoms with E-state index in [1.165, 1.54) is 16.5 Å². The number of hydrogen-bond donors (Lipinski definition) is 1. The Kier molecular flexibility index (Phi) is 3.56. The lowest BCUT2D eigenvalue weighted by Crippen LogP contribution is -2.46. The average molecular weight is 318 g/mol. The van der Waals surface area contributed by atoms with E-state index in [2.05, 4.69) is 45.6 Å². The summed E-state index contributed by atoms with van der Waals surface area (Å²) in [5, 5.41) is 12.6. The van der Waals surface area contributed by atoms with Gasteiger partial charge in [-0.3, -0.25) is 0 Å². The second-order valence-electron chi connectivity index (χ2n) is 7.37. The maximum absolute atomic E-state index is 10.5. The van der Waals surface area contributed by atoms with E-state index < -0.39 is 0 Å². The van der Waals surface area contributed by atoms with Crippen molar-refractivity contribution in [3.8, 4) is 5.75 Å². The molecule has 2 aromatic rings. The van der Waals surface area contributed by atoms with Gasteiger partial charge >= 0.3 is 0 Å². The molecule has 0 saturated carbocycles. The number of aryl methyl sites for hydroxylation is 1. The molecule has 1 heterocycles. The number of benzene rings is 2. The molecular formula is C19H24ClNO. The number of halogens is 1. The molecule has 2 nitrogen and oxygen atoms in total. The van der Waals surface area contributed by atoms with Crippen LogP contribution < -0.4 is 4.90 Å². The number of anilines is 1. The van der Waals surface area contributed by atoms with Crippen LogP contribution in [0.1, 0.15) is 44.7 Å². The smallest absolute Gasteiger partial charge is 0.125 e. The summed E-state index contributed by atoms with van der Waals surface area (Å²) in [5.41, 5.74) is 3.61. The van der Waals surface area contributed by atoms with Crippen molar-refractivity contribution < 1.29 is 5.11 Å². The Hall–Kier alpha value is -1.41. The molecule has 0 fully saturated rings. The van der Waals surface area contributed by atoms with E-state index in [9.17, 15) is 5.11 Å². The molecule has 2 atom stereocenters. The highest BCUT2D eigenvalue weighted by Gasteiger charge is 2.41. The highest BCUT2D eigenvalue weighted by Crippen LogP contribution is 2.51. The zero-order chi connectivity index (χ0) is 16.2. The van der Waals surface area contributed by atoms with Gasteiger partial charge in [0.1, 0.15) is 5.75 Å². The Morgan fingerprint density at radius 2 is 1.95 bits per heavy atom. The molecule has 0 radical (unpaired) electrons. The first kappa shape index (κ1) is 15.5. The number of aromatic hydroxyl groups is 1. The van der Waals surface area contributed by atoms with Crippen molar-refractivity contribution in [2.24, 2.45) is 0 Å². The molecule has 3 heteroatoms. The van der Waals surface area contributed by atoms with Crippen molar-refractivity contribution in [2.75, 3.05) is 10.8 Å². The minimum absolute atomic E-state index is 0.0161. The summed E-state index contributed by atoms with van der Waals surface area (Å²) in [5.74, 6) is 1.23. The predicted molar refractivity (Wildman–Crippen MR) is 95.5 cm³/mol. The summed E-state index contributed by atoms with van der Waals surface area (Å²) in [6, 6.07) is 8.34. The van der Waals surface area contributed by atoms with E-state index in [0.717, 1.165) is 11.1 Å². The third kappa shape index (κ3) is 2.08. The molecule has 0 aromatic heterocycles. The van der Waals surface area contributed by atoms with Crippen molar-refractivity contribution >= 4 is 28.1 Å². The van der Waals surface area contributed by atoms with E-state index >= 15 is 0 Å². The van der Waals surface area contributed by atoms with Gasteiger partial charge in [-0.15, -0.1) is 11.6 Å². The molecule has 2 aromatic carbocycles. The van der Waals surface area contributed by atoms with Crippen LogP contribution in [0.25, 0.3) is 10.8 Å². The minimum atomic E-state index is -0.0161. The van der Waals surface area contributed by atoms with Crippen LogP contribution in [0.3, 0.4) is 0 Å². The maximum Gasteiger partial charge on any atom is 0.125 e. The summed E-state index contributed by atoms with van der Waals surface area (Å²) in [7, 11) is 0. The number of nitrogens with zero attached hydrogens (tertiary/aromatic N) is 1. The fraction of sp³-hybridized carbons (Fsp3) is 0.474. The van der Waals surface area contributed by atoms with Crippen molar-refractivity contribution in [3.05, 3.63) is 35.4 Å². The van der Waals surface area contributed by atoms with Crippen LogP contribution in [-0.2, 0) is 0 Å². The number of rotatable bonds is 1. The Morgan fingerprint density at radius 1 is 1.27 bits per heavy atom. The van der Waals surface area contributed by atoms with Crippen molar-refractivity contribution in [1.29, 1.82) is 0 Å². The molecule has 118 valence electrons. The second-order valence-corrected chi connectivity index (χ2v) is 7.68. The Morgan fingerprint density at radius 3 is 2.55 bits per heavy atom. The third-order valence-electron chi connectivity index (χ3n) is 4.88. The van der Waals surface area contributed by atoms with Crippen LogP contribution in [0.5, 0.6) is 5.75 Å². The summed E-state index contributed by atoms with van der Waals surface area (Å²) in [6.07, 6.45) is 0. The largest absolute Gasteiger partial charge is 0.507 e. The van der Waals surface area contributed by atoms with E-state index in [-0.39, 0.29) is 11.5 Å². The van der Waals surface area contributed by atoms with E-state index in [1.807, 2.05) is 18.2 Å². The van der Waals surface area contributed by atoms with Crippen LogP contribution in [-0.4, -0.2) is 22.6 Å². The summed E-state index contributed by atoms with van der Waals surface area (Å²) in [6.45, 7) is 11.0. The Bertz CT molecular complexity index is 732. The molecule has 22 heavy (non-hydrogen) atoms. The van der Waals surface area contributed by atoms with Crippen molar-refractivity contribution in [2.45, 2.75) is 52.1 Å². The van der Waals surface area contributed by atoms with Crippen LogP contribution in [0, 0.1) is 6.92 Å². The van der Waals surface area contributed by atoms with Gasteiger partial charge < -0.3 is 10.0 Å². The summed E-state index contributed by atoms with van der Waals surface area (Å²) in [4.78, 5) is 2.40. The maximum atomic E-state index is 10.5. The quantitative estimate of drug-likeness (QED) is 0.732. The van der Waals surface area contributed by atoms with Crippen LogP contribution in [0.15, 0.2) is 24.3 Å². The molecule has 3 rings (SSSR count). The molecule has 0 aliphatic carbocycles. The highest BCUT2D eigenvalue weighted by molar-refractivity contribution is 6.19. The third-order valence-corrected chi connectivity index (χ3v) is 5.21. The van der Waals surface area contributed by atoms with Crippen LogP contribution in [0.4, 0.5) is 5.69 Å². The first-order chi connectivity index (χ1) is 10.3. The molecule has 1 aliphatic rings. The number of fused-ring (bicyclic) bond motifs is 3. The Balaban J connectivity index is 2.41. The minimum Gasteiger partial charge on any atom is -0.507 e. The summed E-state index contributed by atoms with van der Waals surface area (Å²) < 4.78 is 0. The van der Waals surface area contributed by atoms with Gasteiger partial charge in [-0.25, -0.2) is 0 Å². The zero-order valence-electron chi connectivity index (χ0n) is 13.9. The van der Waals surface area contributed by atoms with Gasteiger partial charge in [0.25, 0.3) is 0 Å². The van der Waals surface area contributed by atoms with Gasteiger partial charge in [-0.2, -0.15) is 0 Å². The van der Waals surface area contributed by atoms with Gasteiger partial charge in [-0.1, -0.05) is 18.2 Å². The first-order valence-corrected chi connectivity index (χ1v) is 8.41. The average Bonchev–Trinajstić information content (AvgIpc) is 2.70. The fourth-order valence-electron chi connectivity index (χ4n) is 4.05. The molecule has 0 bridgehead atoms. The highest BCUT2D eigenvalue weighted by atomic mass is 35.5. The van der Waals surface area contributed by atoms with Gasteiger partial charge in [0.05, 0.1) is 0 Å². The number of hydrogen-bond acceptors (Lipinski definition) is 2. The van der Waals surface area contributed by atoms with Gasteiger partial charge in [-0.05, 0) is 51.1 Å².